The minimum atomic E-state index is -0.522. The Kier molecular flexibility index (Phi) is 7.81. The van der Waals surface area contributed by atoms with Gasteiger partial charge in [0.2, 0.25) is 0 Å². The van der Waals surface area contributed by atoms with Gasteiger partial charge >= 0.3 is 0 Å². The second-order valence-electron chi connectivity index (χ2n) is 7.49. The van der Waals surface area contributed by atoms with E-state index in [1.54, 1.807) is 19.2 Å². The third kappa shape index (κ3) is 5.08. The van der Waals surface area contributed by atoms with Gasteiger partial charge in [0.05, 0.1) is 34.6 Å². The quantitative estimate of drug-likeness (QED) is 0.204. The van der Waals surface area contributed by atoms with Crippen LogP contribution in [0.25, 0.3) is 5.70 Å². The lowest BCUT2D eigenvalue weighted by molar-refractivity contribution is 0.102. The molecule has 3 aromatic carbocycles. The van der Waals surface area contributed by atoms with Crippen LogP contribution in [0.3, 0.4) is 0 Å². The number of thiocarbonyl (C=S) groups is 1. The molecule has 0 spiro atoms. The standard InChI is InChI=1S/C26H23IN2O4S/c1-32-20-15-18(14-19(27)25(20)33-13-12-30)23-21(24(31)17-10-6-3-7-11-17)22(28-26(34)29-23)16-8-4-2-5-9-16/h2-11,14-15,23,30H,12-13H2,1H3,(H2,28,29,34)/t23-/m0/s1. The zero-order valence-corrected chi connectivity index (χ0v) is 21.4. The van der Waals surface area contributed by atoms with Crippen LogP contribution in [0.5, 0.6) is 11.5 Å². The molecule has 174 valence electrons. The molecule has 3 aromatic rings. The molecule has 0 saturated heterocycles. The van der Waals surface area contributed by atoms with Gasteiger partial charge in [-0.2, -0.15) is 0 Å². The predicted octanol–water partition coefficient (Wildman–Crippen LogP) is 4.48. The van der Waals surface area contributed by atoms with Gasteiger partial charge in [-0.15, -0.1) is 0 Å². The molecule has 1 heterocycles. The maximum atomic E-state index is 13.9. The van der Waals surface area contributed by atoms with Crippen molar-refractivity contribution in [2.75, 3.05) is 20.3 Å². The summed E-state index contributed by atoms with van der Waals surface area (Å²) in [5.74, 6) is 0.941. The van der Waals surface area contributed by atoms with Crippen LogP contribution >= 0.6 is 34.8 Å². The van der Waals surface area contributed by atoms with Crippen LogP contribution in [-0.2, 0) is 0 Å². The fourth-order valence-corrected chi connectivity index (χ4v) is 4.83. The number of Topliss-reactive ketones (excluding diaryl/α,β-unsaturated/α-hetero) is 1. The summed E-state index contributed by atoms with van der Waals surface area (Å²) in [5.41, 5.74) is 3.46. The van der Waals surface area contributed by atoms with Crippen molar-refractivity contribution in [2.24, 2.45) is 0 Å². The van der Waals surface area contributed by atoms with Crippen LogP contribution in [-0.4, -0.2) is 36.3 Å². The number of hydrogen-bond donors (Lipinski definition) is 3. The SMILES string of the molecule is COc1cc([C@@H]2NC(=S)NC(c3ccccc3)=C2C(=O)c2ccccc2)cc(I)c1OCCO. The smallest absolute Gasteiger partial charge is 0.193 e. The molecule has 0 saturated carbocycles. The van der Waals surface area contributed by atoms with Gasteiger partial charge in [-0.05, 0) is 58.1 Å². The molecule has 0 amide bonds. The van der Waals surface area contributed by atoms with Crippen LogP contribution in [0.4, 0.5) is 0 Å². The van der Waals surface area contributed by atoms with E-state index in [4.69, 9.17) is 26.8 Å². The highest BCUT2D eigenvalue weighted by Gasteiger charge is 2.33. The average Bonchev–Trinajstić information content (AvgIpc) is 2.87. The van der Waals surface area contributed by atoms with Gasteiger partial charge in [0.15, 0.2) is 22.4 Å². The molecule has 6 nitrogen and oxygen atoms in total. The molecule has 0 radical (unpaired) electrons. The van der Waals surface area contributed by atoms with Crippen molar-refractivity contribution in [3.63, 3.8) is 0 Å². The second kappa shape index (κ2) is 11.0. The summed E-state index contributed by atoms with van der Waals surface area (Å²) in [6.07, 6.45) is 0. The molecule has 34 heavy (non-hydrogen) atoms. The van der Waals surface area contributed by atoms with Gasteiger partial charge in [0, 0.05) is 5.56 Å². The Hall–Kier alpha value is -2.95. The van der Waals surface area contributed by atoms with Crippen LogP contribution in [0.2, 0.25) is 0 Å². The summed E-state index contributed by atoms with van der Waals surface area (Å²) < 4.78 is 12.1. The molecule has 1 aliphatic rings. The first-order valence-corrected chi connectivity index (χ1v) is 12.1. The van der Waals surface area contributed by atoms with E-state index in [1.165, 1.54) is 0 Å². The summed E-state index contributed by atoms with van der Waals surface area (Å²) in [6, 6.07) is 22.1. The van der Waals surface area contributed by atoms with Crippen molar-refractivity contribution < 1.29 is 19.4 Å². The number of carbonyl (C=O) groups excluding carboxylic acids is 1. The monoisotopic (exact) mass is 586 g/mol. The Balaban J connectivity index is 1.90. The number of methoxy groups -OCH3 is 1. The molecule has 0 aliphatic carbocycles. The zero-order valence-electron chi connectivity index (χ0n) is 18.4. The number of ketones is 1. The third-order valence-corrected chi connectivity index (χ3v) is 6.36. The summed E-state index contributed by atoms with van der Waals surface area (Å²) in [7, 11) is 1.56. The van der Waals surface area contributed by atoms with E-state index in [2.05, 4.69) is 33.2 Å². The van der Waals surface area contributed by atoms with Crippen molar-refractivity contribution >= 4 is 51.4 Å². The molecular formula is C26H23IN2O4S. The molecular weight excluding hydrogens is 563 g/mol. The van der Waals surface area contributed by atoms with Gasteiger partial charge in [0.25, 0.3) is 0 Å². The number of ether oxygens (including phenoxy) is 2. The van der Waals surface area contributed by atoms with E-state index < -0.39 is 6.04 Å². The largest absolute Gasteiger partial charge is 0.493 e. The van der Waals surface area contributed by atoms with Crippen LogP contribution < -0.4 is 20.1 Å². The van der Waals surface area contributed by atoms with Gasteiger partial charge in [0.1, 0.15) is 6.61 Å². The number of aliphatic hydroxyl groups is 1. The first kappa shape index (κ1) is 24.2. The van der Waals surface area contributed by atoms with Gasteiger partial charge in [-0.3, -0.25) is 4.79 Å². The Labute approximate surface area is 217 Å². The van der Waals surface area contributed by atoms with Gasteiger partial charge < -0.3 is 25.2 Å². The fraction of sp³-hybridized carbons (Fsp3) is 0.154. The molecule has 0 fully saturated rings. The van der Waals surface area contributed by atoms with E-state index in [-0.39, 0.29) is 19.0 Å². The second-order valence-corrected chi connectivity index (χ2v) is 9.06. The Morgan fingerprint density at radius 1 is 1.09 bits per heavy atom. The van der Waals surface area contributed by atoms with Crippen molar-refractivity contribution in [2.45, 2.75) is 6.04 Å². The van der Waals surface area contributed by atoms with Crippen molar-refractivity contribution in [1.82, 2.24) is 10.6 Å². The number of rotatable bonds is 8. The number of benzene rings is 3. The third-order valence-electron chi connectivity index (χ3n) is 5.34. The highest BCUT2D eigenvalue weighted by atomic mass is 127. The molecule has 0 aromatic heterocycles. The number of carbonyl (C=O) groups is 1. The van der Waals surface area contributed by atoms with Crippen LogP contribution in [0, 0.1) is 3.57 Å². The van der Waals surface area contributed by atoms with E-state index in [9.17, 15) is 4.79 Å². The minimum absolute atomic E-state index is 0.107. The molecule has 4 rings (SSSR count). The fourth-order valence-electron chi connectivity index (χ4n) is 3.83. The molecule has 1 atom stereocenters. The molecule has 0 bridgehead atoms. The summed E-state index contributed by atoms with van der Waals surface area (Å²) >= 11 is 7.70. The normalized spacial score (nSPS) is 15.4. The Morgan fingerprint density at radius 2 is 1.76 bits per heavy atom. The summed E-state index contributed by atoms with van der Waals surface area (Å²) in [5, 5.41) is 16.1. The van der Waals surface area contributed by atoms with E-state index in [0.717, 1.165) is 14.7 Å². The maximum Gasteiger partial charge on any atom is 0.193 e. The lowest BCUT2D eigenvalue weighted by Gasteiger charge is -2.32. The minimum Gasteiger partial charge on any atom is -0.493 e. The predicted molar refractivity (Wildman–Crippen MR) is 144 cm³/mol. The molecule has 1 aliphatic heterocycles. The first-order valence-electron chi connectivity index (χ1n) is 10.6. The van der Waals surface area contributed by atoms with Crippen molar-refractivity contribution in [3.8, 4) is 11.5 Å². The lowest BCUT2D eigenvalue weighted by atomic mass is 9.87. The highest BCUT2D eigenvalue weighted by molar-refractivity contribution is 14.1. The van der Waals surface area contributed by atoms with E-state index >= 15 is 0 Å². The molecule has 0 unspecified atom stereocenters. The average molecular weight is 586 g/mol. The van der Waals surface area contributed by atoms with E-state index in [0.29, 0.717) is 33.4 Å². The van der Waals surface area contributed by atoms with Gasteiger partial charge in [-0.25, -0.2) is 0 Å². The van der Waals surface area contributed by atoms with Crippen LogP contribution in [0.1, 0.15) is 27.5 Å². The van der Waals surface area contributed by atoms with E-state index in [1.807, 2.05) is 60.7 Å². The summed E-state index contributed by atoms with van der Waals surface area (Å²) in [4.78, 5) is 13.9. The lowest BCUT2D eigenvalue weighted by Crippen LogP contribution is -2.45. The van der Waals surface area contributed by atoms with Crippen LogP contribution in [0.15, 0.2) is 78.4 Å². The number of aliphatic hydroxyl groups excluding tert-OH is 1. The number of hydrogen-bond acceptors (Lipinski definition) is 5. The highest BCUT2D eigenvalue weighted by Crippen LogP contribution is 2.40. The molecule has 3 N–H and O–H groups in total. The number of nitrogens with one attached hydrogen (secondary N) is 2. The Morgan fingerprint density at radius 3 is 2.41 bits per heavy atom. The number of halogens is 1. The van der Waals surface area contributed by atoms with Crippen molar-refractivity contribution in [1.29, 1.82) is 0 Å². The summed E-state index contributed by atoms with van der Waals surface area (Å²) in [6.45, 7) is 0.0429. The first-order chi connectivity index (χ1) is 16.5. The van der Waals surface area contributed by atoms with Gasteiger partial charge in [-0.1, -0.05) is 60.7 Å². The maximum absolute atomic E-state index is 13.9. The topological polar surface area (TPSA) is 79.8 Å². The zero-order chi connectivity index (χ0) is 24.1. The Bertz CT molecular complexity index is 1230. The molecule has 8 heteroatoms. The van der Waals surface area contributed by atoms with Crippen molar-refractivity contribution in [3.05, 3.63) is 98.6 Å².